The van der Waals surface area contributed by atoms with E-state index < -0.39 is 6.04 Å². The monoisotopic (exact) mass is 343 g/mol. The molecule has 0 saturated heterocycles. The average Bonchev–Trinajstić information content (AvgIpc) is 2.58. The zero-order valence-electron chi connectivity index (χ0n) is 15.2. The van der Waals surface area contributed by atoms with Crippen LogP contribution in [0.1, 0.15) is 44.2 Å². The molecule has 0 radical (unpaired) electrons. The van der Waals surface area contributed by atoms with Crippen LogP contribution in [0.3, 0.4) is 0 Å². The minimum atomic E-state index is -0.414. The van der Waals surface area contributed by atoms with Gasteiger partial charge in [-0.1, -0.05) is 51.0 Å². The fourth-order valence-corrected chi connectivity index (χ4v) is 4.25. The maximum atomic E-state index is 12.6. The van der Waals surface area contributed by atoms with Crippen molar-refractivity contribution in [1.29, 1.82) is 0 Å². The van der Waals surface area contributed by atoms with E-state index in [4.69, 9.17) is 5.73 Å². The van der Waals surface area contributed by atoms with Crippen molar-refractivity contribution < 1.29 is 9.59 Å². The number of nitrogens with one attached hydrogen (secondary N) is 1. The first-order valence-electron chi connectivity index (χ1n) is 9.35. The molecule has 1 fully saturated rings. The van der Waals surface area contributed by atoms with Crippen LogP contribution in [-0.4, -0.2) is 35.3 Å². The van der Waals surface area contributed by atoms with Crippen LogP contribution in [0.15, 0.2) is 24.3 Å². The van der Waals surface area contributed by atoms with Gasteiger partial charge in [-0.05, 0) is 35.8 Å². The maximum Gasteiger partial charge on any atom is 0.235 e. The highest BCUT2D eigenvalue weighted by Crippen LogP contribution is 2.29. The first kappa shape index (κ1) is 17.9. The minimum Gasteiger partial charge on any atom is -0.368 e. The summed E-state index contributed by atoms with van der Waals surface area (Å²) in [6.45, 7) is 5.29. The highest BCUT2D eigenvalue weighted by Gasteiger charge is 2.33. The Kier molecular flexibility index (Phi) is 5.42. The molecule has 4 unspecified atom stereocenters. The van der Waals surface area contributed by atoms with E-state index >= 15 is 0 Å². The molecule has 1 aliphatic heterocycles. The summed E-state index contributed by atoms with van der Waals surface area (Å²) in [5, 5.41) is 3.20. The lowest BCUT2D eigenvalue weighted by molar-refractivity contribution is -0.128. The molecule has 3 N–H and O–H groups in total. The van der Waals surface area contributed by atoms with Gasteiger partial charge < -0.3 is 11.1 Å². The molecule has 2 aliphatic rings. The van der Waals surface area contributed by atoms with E-state index in [1.807, 2.05) is 23.1 Å². The molecular weight excluding hydrogens is 314 g/mol. The predicted molar refractivity (Wildman–Crippen MR) is 97.6 cm³/mol. The third-order valence-electron chi connectivity index (χ3n) is 6.07. The lowest BCUT2D eigenvalue weighted by Gasteiger charge is -2.37. The highest BCUT2D eigenvalue weighted by atomic mass is 16.2. The molecule has 1 aromatic rings. The fraction of sp³-hybridized carbons (Fsp3) is 0.600. The topological polar surface area (TPSA) is 75.4 Å². The quantitative estimate of drug-likeness (QED) is 0.876. The molecule has 0 spiro atoms. The molecular formula is C20H29N3O2. The molecule has 25 heavy (non-hydrogen) atoms. The van der Waals surface area contributed by atoms with Gasteiger partial charge in [-0.25, -0.2) is 0 Å². The smallest absolute Gasteiger partial charge is 0.235 e. The van der Waals surface area contributed by atoms with Crippen LogP contribution in [0.4, 0.5) is 0 Å². The standard InChI is InChI=1S/C20H29N3O2/c1-13-6-5-9-17(14(13)2)22-19(24)12-23-11-16-8-4-3-7-15(16)10-18(23)20(21)25/h3-4,7-8,13-14,17-18H,5-6,9-12H2,1-2H3,(H2,21,25)(H,22,24). The zero-order valence-corrected chi connectivity index (χ0v) is 15.2. The second kappa shape index (κ2) is 7.56. The number of hydrogen-bond acceptors (Lipinski definition) is 3. The first-order chi connectivity index (χ1) is 12.0. The summed E-state index contributed by atoms with van der Waals surface area (Å²) >= 11 is 0. The van der Waals surface area contributed by atoms with Crippen molar-refractivity contribution >= 4 is 11.8 Å². The minimum absolute atomic E-state index is 0.00317. The van der Waals surface area contributed by atoms with Gasteiger partial charge in [0.2, 0.25) is 11.8 Å². The Labute approximate surface area is 150 Å². The predicted octanol–water partition coefficient (Wildman–Crippen LogP) is 1.84. The van der Waals surface area contributed by atoms with Crippen molar-refractivity contribution in [3.05, 3.63) is 35.4 Å². The van der Waals surface area contributed by atoms with E-state index in [0.717, 1.165) is 18.4 Å². The van der Waals surface area contributed by atoms with Crippen molar-refractivity contribution in [2.75, 3.05) is 6.54 Å². The fourth-order valence-electron chi connectivity index (χ4n) is 4.25. The maximum absolute atomic E-state index is 12.6. The number of hydrogen-bond donors (Lipinski definition) is 2. The third kappa shape index (κ3) is 4.03. The van der Waals surface area contributed by atoms with Crippen molar-refractivity contribution in [2.24, 2.45) is 17.6 Å². The molecule has 2 amide bonds. The largest absolute Gasteiger partial charge is 0.368 e. The molecule has 0 bridgehead atoms. The Bertz CT molecular complexity index is 646. The summed E-state index contributed by atoms with van der Waals surface area (Å²) in [5.74, 6) is 0.768. The second-order valence-corrected chi connectivity index (χ2v) is 7.74. The molecule has 0 aromatic heterocycles. The van der Waals surface area contributed by atoms with Crippen LogP contribution < -0.4 is 11.1 Å². The van der Waals surface area contributed by atoms with E-state index in [1.54, 1.807) is 0 Å². The molecule has 5 heteroatoms. The van der Waals surface area contributed by atoms with Crippen molar-refractivity contribution in [3.8, 4) is 0 Å². The molecule has 5 nitrogen and oxygen atoms in total. The van der Waals surface area contributed by atoms with Crippen LogP contribution in [-0.2, 0) is 22.6 Å². The Morgan fingerprint density at radius 2 is 1.92 bits per heavy atom. The van der Waals surface area contributed by atoms with E-state index in [1.165, 1.54) is 12.0 Å². The van der Waals surface area contributed by atoms with Gasteiger partial charge in [0.25, 0.3) is 0 Å². The molecule has 136 valence electrons. The van der Waals surface area contributed by atoms with Gasteiger partial charge in [0, 0.05) is 12.6 Å². The van der Waals surface area contributed by atoms with Gasteiger partial charge in [0.15, 0.2) is 0 Å². The van der Waals surface area contributed by atoms with Crippen molar-refractivity contribution in [1.82, 2.24) is 10.2 Å². The normalized spacial score (nSPS) is 29.7. The van der Waals surface area contributed by atoms with E-state index in [0.29, 0.717) is 24.8 Å². The van der Waals surface area contributed by atoms with E-state index in [9.17, 15) is 9.59 Å². The van der Waals surface area contributed by atoms with E-state index in [2.05, 4.69) is 25.2 Å². The second-order valence-electron chi connectivity index (χ2n) is 7.74. The van der Waals surface area contributed by atoms with Crippen LogP contribution in [0, 0.1) is 11.8 Å². The van der Waals surface area contributed by atoms with Crippen LogP contribution in [0.5, 0.6) is 0 Å². The molecule has 4 atom stereocenters. The van der Waals surface area contributed by atoms with Gasteiger partial charge in [0.1, 0.15) is 0 Å². The molecule has 1 aliphatic carbocycles. The Morgan fingerprint density at radius 1 is 1.20 bits per heavy atom. The van der Waals surface area contributed by atoms with Gasteiger partial charge >= 0.3 is 0 Å². The van der Waals surface area contributed by atoms with Gasteiger partial charge in [-0.2, -0.15) is 0 Å². The number of amides is 2. The number of rotatable bonds is 4. The highest BCUT2D eigenvalue weighted by molar-refractivity contribution is 5.83. The van der Waals surface area contributed by atoms with Crippen molar-refractivity contribution in [2.45, 2.75) is 58.2 Å². The molecule has 3 rings (SSSR count). The summed E-state index contributed by atoms with van der Waals surface area (Å²) in [6, 6.07) is 7.89. The summed E-state index contributed by atoms with van der Waals surface area (Å²) < 4.78 is 0. The summed E-state index contributed by atoms with van der Waals surface area (Å²) in [6.07, 6.45) is 4.02. The van der Waals surface area contributed by atoms with Gasteiger partial charge in [-0.3, -0.25) is 14.5 Å². The lowest BCUT2D eigenvalue weighted by Crippen LogP contribution is -2.53. The Balaban J connectivity index is 1.66. The average molecular weight is 343 g/mol. The van der Waals surface area contributed by atoms with Crippen LogP contribution in [0.25, 0.3) is 0 Å². The van der Waals surface area contributed by atoms with Gasteiger partial charge in [0.05, 0.1) is 12.6 Å². The molecule has 1 aromatic carbocycles. The van der Waals surface area contributed by atoms with Crippen LogP contribution in [0.2, 0.25) is 0 Å². The molecule has 1 heterocycles. The lowest BCUT2D eigenvalue weighted by atomic mass is 9.78. The summed E-state index contributed by atoms with van der Waals surface area (Å²) in [5.41, 5.74) is 7.93. The van der Waals surface area contributed by atoms with Crippen LogP contribution >= 0.6 is 0 Å². The van der Waals surface area contributed by atoms with E-state index in [-0.39, 0.29) is 24.4 Å². The zero-order chi connectivity index (χ0) is 18.0. The van der Waals surface area contributed by atoms with Crippen molar-refractivity contribution in [3.63, 3.8) is 0 Å². The summed E-state index contributed by atoms with van der Waals surface area (Å²) in [4.78, 5) is 26.4. The number of fused-ring (bicyclic) bond motifs is 1. The number of carbonyl (C=O) groups is 2. The Hall–Kier alpha value is -1.88. The Morgan fingerprint density at radius 3 is 2.64 bits per heavy atom. The third-order valence-corrected chi connectivity index (χ3v) is 6.07. The number of primary amides is 1. The summed E-state index contributed by atoms with van der Waals surface area (Å²) in [7, 11) is 0. The number of nitrogens with two attached hydrogens (primary N) is 1. The SMILES string of the molecule is CC1CCCC(NC(=O)CN2Cc3ccccc3CC2C(N)=O)C1C. The number of benzene rings is 1. The number of nitrogens with zero attached hydrogens (tertiary/aromatic N) is 1. The first-order valence-corrected chi connectivity index (χ1v) is 9.35. The number of carbonyl (C=O) groups excluding carboxylic acids is 2. The molecule has 1 saturated carbocycles. The van der Waals surface area contributed by atoms with Gasteiger partial charge in [-0.15, -0.1) is 0 Å².